The second-order valence-electron chi connectivity index (χ2n) is 5.88. The van der Waals surface area contributed by atoms with Crippen LogP contribution in [0.3, 0.4) is 0 Å². The van der Waals surface area contributed by atoms with E-state index in [-0.39, 0.29) is 5.97 Å². The second kappa shape index (κ2) is 7.34. The van der Waals surface area contributed by atoms with Gasteiger partial charge in [-0.05, 0) is 43.9 Å². The van der Waals surface area contributed by atoms with Gasteiger partial charge in [0.15, 0.2) is 0 Å². The van der Waals surface area contributed by atoms with E-state index in [1.807, 2.05) is 13.0 Å². The third-order valence-corrected chi connectivity index (χ3v) is 4.21. The molecule has 0 aliphatic heterocycles. The predicted molar refractivity (Wildman–Crippen MR) is 86.7 cm³/mol. The smallest absolute Gasteiger partial charge is 0.338 e. The molecule has 1 aliphatic carbocycles. The zero-order chi connectivity index (χ0) is 15.2. The van der Waals surface area contributed by atoms with E-state index >= 15 is 0 Å². The Morgan fingerprint density at radius 1 is 1.33 bits per heavy atom. The Kier molecular flexibility index (Phi) is 5.48. The van der Waals surface area contributed by atoms with E-state index in [1.54, 1.807) is 12.1 Å². The number of hydrogen-bond donors (Lipinski definition) is 1. The number of carbonyl (C=O) groups excluding carboxylic acids is 1. The summed E-state index contributed by atoms with van der Waals surface area (Å²) in [6.07, 6.45) is 6.61. The van der Waals surface area contributed by atoms with Crippen molar-refractivity contribution in [1.29, 1.82) is 0 Å². The molecule has 1 aromatic carbocycles. The molecule has 0 atom stereocenters. The van der Waals surface area contributed by atoms with Crippen LogP contribution in [-0.4, -0.2) is 26.2 Å². The number of benzene rings is 1. The molecule has 0 bridgehead atoms. The van der Waals surface area contributed by atoms with E-state index in [4.69, 9.17) is 10.5 Å². The van der Waals surface area contributed by atoms with E-state index in [9.17, 15) is 4.79 Å². The molecule has 2 rings (SSSR count). The largest absolute Gasteiger partial charge is 0.462 e. The average Bonchev–Trinajstić information content (AvgIpc) is 2.48. The van der Waals surface area contributed by atoms with Crippen molar-refractivity contribution in [3.63, 3.8) is 0 Å². The molecule has 4 heteroatoms. The number of rotatable bonds is 5. The van der Waals surface area contributed by atoms with Gasteiger partial charge >= 0.3 is 5.97 Å². The van der Waals surface area contributed by atoms with Crippen LogP contribution in [-0.2, 0) is 4.74 Å². The van der Waals surface area contributed by atoms with Gasteiger partial charge in [-0.1, -0.05) is 19.3 Å². The van der Waals surface area contributed by atoms with E-state index in [1.165, 1.54) is 32.1 Å². The maximum absolute atomic E-state index is 11.8. The third-order valence-electron chi connectivity index (χ3n) is 4.21. The Labute approximate surface area is 127 Å². The first-order valence-electron chi connectivity index (χ1n) is 7.89. The van der Waals surface area contributed by atoms with Crippen LogP contribution < -0.4 is 10.6 Å². The number of nitrogen functional groups attached to an aromatic ring is 1. The Bertz CT molecular complexity index is 482. The van der Waals surface area contributed by atoms with E-state index < -0.39 is 0 Å². The Hall–Kier alpha value is -1.71. The number of nitrogens with two attached hydrogens (primary N) is 1. The Balaban J connectivity index is 2.09. The second-order valence-corrected chi connectivity index (χ2v) is 5.88. The maximum atomic E-state index is 11.8. The number of anilines is 2. The summed E-state index contributed by atoms with van der Waals surface area (Å²) in [5.41, 5.74) is 8.27. The maximum Gasteiger partial charge on any atom is 0.338 e. The lowest BCUT2D eigenvalue weighted by molar-refractivity contribution is 0.0526. The van der Waals surface area contributed by atoms with E-state index in [0.29, 0.717) is 17.9 Å². The van der Waals surface area contributed by atoms with Gasteiger partial charge in [-0.2, -0.15) is 0 Å². The van der Waals surface area contributed by atoms with Gasteiger partial charge in [0.1, 0.15) is 0 Å². The fraction of sp³-hybridized carbons (Fsp3) is 0.588. The van der Waals surface area contributed by atoms with Gasteiger partial charge in [0.05, 0.1) is 23.5 Å². The molecule has 0 heterocycles. The topological polar surface area (TPSA) is 55.6 Å². The van der Waals surface area contributed by atoms with Crippen LogP contribution in [0.2, 0.25) is 0 Å². The first kappa shape index (κ1) is 15.7. The van der Waals surface area contributed by atoms with Gasteiger partial charge in [-0.15, -0.1) is 0 Å². The molecule has 0 saturated heterocycles. The number of carbonyl (C=O) groups is 1. The standard InChI is InChI=1S/C17H26N2O2/c1-3-21-17(20)14-9-10-15(18)16(11-14)19(2)12-13-7-5-4-6-8-13/h9-11,13H,3-8,12,18H2,1-2H3. The quantitative estimate of drug-likeness (QED) is 0.666. The first-order chi connectivity index (χ1) is 10.1. The van der Waals surface area contributed by atoms with E-state index in [2.05, 4.69) is 11.9 Å². The number of esters is 1. The number of ether oxygens (including phenoxy) is 1. The fourth-order valence-corrected chi connectivity index (χ4v) is 3.07. The molecule has 1 aromatic rings. The predicted octanol–water partition coefficient (Wildman–Crippen LogP) is 3.46. The summed E-state index contributed by atoms with van der Waals surface area (Å²) in [7, 11) is 2.05. The van der Waals surface area contributed by atoms with Gasteiger partial charge in [-0.25, -0.2) is 4.79 Å². The monoisotopic (exact) mass is 290 g/mol. The van der Waals surface area contributed by atoms with Crippen LogP contribution in [0.1, 0.15) is 49.4 Å². The molecule has 4 nitrogen and oxygen atoms in total. The molecule has 1 saturated carbocycles. The van der Waals surface area contributed by atoms with Crippen molar-refractivity contribution >= 4 is 17.3 Å². The van der Waals surface area contributed by atoms with Crippen molar-refractivity contribution in [1.82, 2.24) is 0 Å². The highest BCUT2D eigenvalue weighted by Gasteiger charge is 2.18. The van der Waals surface area contributed by atoms with Crippen LogP contribution in [0, 0.1) is 5.92 Å². The fourth-order valence-electron chi connectivity index (χ4n) is 3.07. The highest BCUT2D eigenvalue weighted by molar-refractivity contribution is 5.92. The zero-order valence-electron chi connectivity index (χ0n) is 13.1. The molecule has 0 aromatic heterocycles. The summed E-state index contributed by atoms with van der Waals surface area (Å²) in [4.78, 5) is 14.0. The summed E-state index contributed by atoms with van der Waals surface area (Å²) in [5.74, 6) is 0.444. The molecule has 116 valence electrons. The van der Waals surface area contributed by atoms with Crippen molar-refractivity contribution in [2.24, 2.45) is 5.92 Å². The highest BCUT2D eigenvalue weighted by atomic mass is 16.5. The molecule has 1 fully saturated rings. The van der Waals surface area contributed by atoms with Crippen molar-refractivity contribution in [2.75, 3.05) is 30.8 Å². The summed E-state index contributed by atoms with van der Waals surface area (Å²) >= 11 is 0. The molecule has 2 N–H and O–H groups in total. The molecule has 0 spiro atoms. The minimum atomic E-state index is -0.287. The van der Waals surface area contributed by atoms with Crippen LogP contribution in [0.4, 0.5) is 11.4 Å². The molecule has 0 unspecified atom stereocenters. The lowest BCUT2D eigenvalue weighted by Gasteiger charge is -2.29. The third kappa shape index (κ3) is 4.13. The lowest BCUT2D eigenvalue weighted by atomic mass is 9.89. The highest BCUT2D eigenvalue weighted by Crippen LogP contribution is 2.29. The normalized spacial score (nSPS) is 15.7. The molecule has 1 aliphatic rings. The molecular formula is C17H26N2O2. The Morgan fingerprint density at radius 2 is 2.05 bits per heavy atom. The van der Waals surface area contributed by atoms with Crippen molar-refractivity contribution < 1.29 is 9.53 Å². The Morgan fingerprint density at radius 3 is 2.71 bits per heavy atom. The molecule has 0 radical (unpaired) electrons. The molecule has 0 amide bonds. The summed E-state index contributed by atoms with van der Waals surface area (Å²) in [6, 6.07) is 5.36. The summed E-state index contributed by atoms with van der Waals surface area (Å²) in [5, 5.41) is 0. The van der Waals surface area contributed by atoms with Crippen molar-refractivity contribution in [2.45, 2.75) is 39.0 Å². The van der Waals surface area contributed by atoms with Gasteiger partial charge in [0.2, 0.25) is 0 Å². The first-order valence-corrected chi connectivity index (χ1v) is 7.89. The summed E-state index contributed by atoms with van der Waals surface area (Å²) in [6.45, 7) is 3.19. The van der Waals surface area contributed by atoms with Crippen LogP contribution in [0.5, 0.6) is 0 Å². The van der Waals surface area contributed by atoms with Gasteiger partial charge in [-0.3, -0.25) is 0 Å². The molecular weight excluding hydrogens is 264 g/mol. The van der Waals surface area contributed by atoms with Gasteiger partial charge < -0.3 is 15.4 Å². The van der Waals surface area contributed by atoms with Crippen LogP contribution >= 0.6 is 0 Å². The van der Waals surface area contributed by atoms with Crippen molar-refractivity contribution in [3.8, 4) is 0 Å². The average molecular weight is 290 g/mol. The van der Waals surface area contributed by atoms with E-state index in [0.717, 1.165) is 18.2 Å². The minimum absolute atomic E-state index is 0.287. The summed E-state index contributed by atoms with van der Waals surface area (Å²) < 4.78 is 5.05. The molecule has 21 heavy (non-hydrogen) atoms. The van der Waals surface area contributed by atoms with Crippen LogP contribution in [0.15, 0.2) is 18.2 Å². The number of hydrogen-bond acceptors (Lipinski definition) is 4. The minimum Gasteiger partial charge on any atom is -0.462 e. The number of nitrogens with zero attached hydrogens (tertiary/aromatic N) is 1. The lowest BCUT2D eigenvalue weighted by Crippen LogP contribution is -2.27. The SMILES string of the molecule is CCOC(=O)c1ccc(N)c(N(C)CC2CCCCC2)c1. The van der Waals surface area contributed by atoms with Crippen molar-refractivity contribution in [3.05, 3.63) is 23.8 Å². The van der Waals surface area contributed by atoms with Gasteiger partial charge in [0, 0.05) is 13.6 Å². The van der Waals surface area contributed by atoms with Crippen LogP contribution in [0.25, 0.3) is 0 Å². The zero-order valence-corrected chi connectivity index (χ0v) is 13.1. The van der Waals surface area contributed by atoms with Gasteiger partial charge in [0.25, 0.3) is 0 Å².